The van der Waals surface area contributed by atoms with Crippen molar-refractivity contribution in [3.63, 3.8) is 0 Å². The van der Waals surface area contributed by atoms with Gasteiger partial charge in [-0.1, -0.05) is 24.8 Å². The van der Waals surface area contributed by atoms with Crippen LogP contribution in [0.5, 0.6) is 11.7 Å². The second-order valence-corrected chi connectivity index (χ2v) is 6.07. The summed E-state index contributed by atoms with van der Waals surface area (Å²) in [6.07, 6.45) is 1.08. The van der Waals surface area contributed by atoms with Crippen molar-refractivity contribution >= 4 is 16.9 Å². The number of aryl methyl sites for hydroxylation is 1. The van der Waals surface area contributed by atoms with Crippen LogP contribution in [0.3, 0.4) is 0 Å². The van der Waals surface area contributed by atoms with Crippen LogP contribution in [0.4, 0.5) is 0 Å². The lowest BCUT2D eigenvalue weighted by Gasteiger charge is -2.04. The van der Waals surface area contributed by atoms with E-state index in [0.29, 0.717) is 23.0 Å². The van der Waals surface area contributed by atoms with Gasteiger partial charge < -0.3 is 18.3 Å². The second-order valence-electron chi connectivity index (χ2n) is 6.07. The highest BCUT2D eigenvalue weighted by Gasteiger charge is 2.13. The number of ether oxygens (including phenoxy) is 2. The van der Waals surface area contributed by atoms with E-state index in [4.69, 9.17) is 18.3 Å². The monoisotopic (exact) mass is 375 g/mol. The Kier molecular flexibility index (Phi) is 4.68. The lowest BCUT2D eigenvalue weighted by atomic mass is 10.2. The van der Waals surface area contributed by atoms with Gasteiger partial charge in [0.2, 0.25) is 5.89 Å². The van der Waals surface area contributed by atoms with E-state index in [9.17, 15) is 4.79 Å². The molecule has 0 atom stereocenters. The van der Waals surface area contributed by atoms with Crippen LogP contribution in [0, 0.1) is 6.92 Å². The zero-order chi connectivity index (χ0) is 19.5. The molecular formula is C22H17NO5. The Labute approximate surface area is 161 Å². The molecule has 0 saturated carbocycles. The van der Waals surface area contributed by atoms with Gasteiger partial charge in [0.15, 0.2) is 0 Å². The van der Waals surface area contributed by atoms with Gasteiger partial charge in [0.25, 0.3) is 5.95 Å². The number of oxazole rings is 1. The van der Waals surface area contributed by atoms with Gasteiger partial charge in [-0.05, 0) is 31.2 Å². The summed E-state index contributed by atoms with van der Waals surface area (Å²) in [5, 5.41) is 0.795. The first-order valence-electron chi connectivity index (χ1n) is 8.65. The molecule has 0 N–H and O–H groups in total. The van der Waals surface area contributed by atoms with Crippen molar-refractivity contribution in [2.75, 3.05) is 0 Å². The normalized spacial score (nSPS) is 10.8. The lowest BCUT2D eigenvalue weighted by Crippen LogP contribution is -2.01. The summed E-state index contributed by atoms with van der Waals surface area (Å²) in [6.45, 7) is 5.47. The maximum atomic E-state index is 11.3. The molecular weight excluding hydrogens is 358 g/mol. The molecule has 28 heavy (non-hydrogen) atoms. The van der Waals surface area contributed by atoms with Gasteiger partial charge in [0.05, 0.1) is 0 Å². The predicted octanol–water partition coefficient (Wildman–Crippen LogP) is 5.07. The molecule has 0 aliphatic carbocycles. The van der Waals surface area contributed by atoms with E-state index in [2.05, 4.69) is 11.6 Å². The maximum absolute atomic E-state index is 11.3. The molecule has 0 spiro atoms. The van der Waals surface area contributed by atoms with Crippen LogP contribution in [0.2, 0.25) is 0 Å². The third-order valence-corrected chi connectivity index (χ3v) is 4.13. The third kappa shape index (κ3) is 3.66. The summed E-state index contributed by atoms with van der Waals surface area (Å²) >= 11 is 0. The van der Waals surface area contributed by atoms with E-state index in [0.717, 1.165) is 22.7 Å². The van der Waals surface area contributed by atoms with Crippen LogP contribution in [0.25, 0.3) is 22.4 Å². The number of hydrogen-bond donors (Lipinski definition) is 0. The summed E-state index contributed by atoms with van der Waals surface area (Å²) in [4.78, 5) is 15.8. The van der Waals surface area contributed by atoms with E-state index < -0.39 is 5.97 Å². The molecule has 6 heteroatoms. The van der Waals surface area contributed by atoms with Gasteiger partial charge in [-0.3, -0.25) is 0 Å². The largest absolute Gasteiger partial charge is 0.487 e. The second kappa shape index (κ2) is 7.44. The van der Waals surface area contributed by atoms with E-state index in [-0.39, 0.29) is 12.6 Å². The summed E-state index contributed by atoms with van der Waals surface area (Å²) in [5.74, 6) is 1.40. The van der Waals surface area contributed by atoms with Crippen molar-refractivity contribution in [2.24, 2.45) is 0 Å². The standard InChI is InChI=1S/C22H17NO5/c1-3-20(24)28-21-11-16-9-10-17(12-19(16)27-21)25-13-18-14(2)26-22(23-18)15-7-5-4-6-8-15/h3-12H,1,13H2,2H3. The van der Waals surface area contributed by atoms with Crippen molar-refractivity contribution in [3.05, 3.63) is 78.7 Å². The van der Waals surface area contributed by atoms with Crippen molar-refractivity contribution in [1.29, 1.82) is 0 Å². The number of benzene rings is 2. The van der Waals surface area contributed by atoms with Crippen LogP contribution in [-0.2, 0) is 11.4 Å². The number of aromatic nitrogens is 1. The molecule has 140 valence electrons. The van der Waals surface area contributed by atoms with E-state index >= 15 is 0 Å². The van der Waals surface area contributed by atoms with Gasteiger partial charge in [0.1, 0.15) is 29.4 Å². The predicted molar refractivity (Wildman–Crippen MR) is 103 cm³/mol. The molecule has 6 nitrogen and oxygen atoms in total. The number of carbonyl (C=O) groups excluding carboxylic acids is 1. The average molecular weight is 375 g/mol. The maximum Gasteiger partial charge on any atom is 0.337 e. The fourth-order valence-electron chi connectivity index (χ4n) is 2.69. The summed E-state index contributed by atoms with van der Waals surface area (Å²) in [6, 6.07) is 16.7. The molecule has 2 heterocycles. The van der Waals surface area contributed by atoms with Crippen LogP contribution in [-0.4, -0.2) is 11.0 Å². The fraction of sp³-hybridized carbons (Fsp3) is 0.0909. The first-order valence-corrected chi connectivity index (χ1v) is 8.65. The van der Waals surface area contributed by atoms with Crippen molar-refractivity contribution in [2.45, 2.75) is 13.5 Å². The van der Waals surface area contributed by atoms with E-state index in [1.807, 2.05) is 49.4 Å². The minimum Gasteiger partial charge on any atom is -0.487 e. The number of hydrogen-bond acceptors (Lipinski definition) is 6. The molecule has 0 saturated heterocycles. The van der Waals surface area contributed by atoms with Gasteiger partial charge in [0, 0.05) is 29.2 Å². The molecule has 0 fully saturated rings. The highest BCUT2D eigenvalue weighted by atomic mass is 16.6. The molecule has 4 rings (SSSR count). The van der Waals surface area contributed by atoms with Gasteiger partial charge in [-0.25, -0.2) is 9.78 Å². The van der Waals surface area contributed by atoms with Crippen LogP contribution >= 0.6 is 0 Å². The van der Waals surface area contributed by atoms with Crippen molar-refractivity contribution in [1.82, 2.24) is 4.98 Å². The van der Waals surface area contributed by atoms with Gasteiger partial charge >= 0.3 is 5.97 Å². The molecule has 2 aromatic heterocycles. The van der Waals surface area contributed by atoms with E-state index in [1.165, 1.54) is 0 Å². The molecule has 0 unspecified atom stereocenters. The van der Waals surface area contributed by atoms with Gasteiger partial charge in [-0.2, -0.15) is 0 Å². The number of esters is 1. The third-order valence-electron chi connectivity index (χ3n) is 4.13. The first-order chi connectivity index (χ1) is 13.6. The Hall–Kier alpha value is -3.80. The fourth-order valence-corrected chi connectivity index (χ4v) is 2.69. The van der Waals surface area contributed by atoms with E-state index in [1.54, 1.807) is 12.1 Å². The number of rotatable bonds is 6. The Morgan fingerprint density at radius 3 is 2.75 bits per heavy atom. The summed E-state index contributed by atoms with van der Waals surface area (Å²) < 4.78 is 22.1. The summed E-state index contributed by atoms with van der Waals surface area (Å²) in [5.41, 5.74) is 2.18. The first kappa shape index (κ1) is 17.6. The number of fused-ring (bicyclic) bond motifs is 1. The zero-order valence-corrected chi connectivity index (χ0v) is 15.2. The van der Waals surface area contributed by atoms with Crippen molar-refractivity contribution < 1.29 is 23.1 Å². The Bertz CT molecular complexity index is 1140. The van der Waals surface area contributed by atoms with Gasteiger partial charge in [-0.15, -0.1) is 0 Å². The molecule has 0 bridgehead atoms. The minimum absolute atomic E-state index is 0.108. The number of furan rings is 1. The molecule has 2 aromatic carbocycles. The zero-order valence-electron chi connectivity index (χ0n) is 15.2. The Morgan fingerprint density at radius 2 is 1.96 bits per heavy atom. The topological polar surface area (TPSA) is 74.7 Å². The molecule has 0 aliphatic heterocycles. The molecule has 0 amide bonds. The molecule has 0 radical (unpaired) electrons. The molecule has 4 aromatic rings. The SMILES string of the molecule is C=CC(=O)Oc1cc2ccc(OCc3nc(-c4ccccc4)oc3C)cc2o1. The number of carbonyl (C=O) groups is 1. The highest BCUT2D eigenvalue weighted by molar-refractivity contribution is 5.85. The van der Waals surface area contributed by atoms with Crippen LogP contribution < -0.4 is 9.47 Å². The van der Waals surface area contributed by atoms with Crippen LogP contribution in [0.1, 0.15) is 11.5 Å². The van der Waals surface area contributed by atoms with Crippen molar-refractivity contribution in [3.8, 4) is 23.1 Å². The highest BCUT2D eigenvalue weighted by Crippen LogP contribution is 2.29. The lowest BCUT2D eigenvalue weighted by molar-refractivity contribution is -0.130. The minimum atomic E-state index is -0.578. The smallest absolute Gasteiger partial charge is 0.337 e. The molecule has 0 aliphatic rings. The Balaban J connectivity index is 1.49. The summed E-state index contributed by atoms with van der Waals surface area (Å²) in [7, 11) is 0. The quantitative estimate of drug-likeness (QED) is 0.346. The number of nitrogens with zero attached hydrogens (tertiary/aromatic N) is 1. The Morgan fingerprint density at radius 1 is 1.14 bits per heavy atom. The van der Waals surface area contributed by atoms with Crippen LogP contribution in [0.15, 0.2) is 76.1 Å². The average Bonchev–Trinajstić information content (AvgIpc) is 3.29.